The monoisotopic (exact) mass is 468 g/mol. The highest BCUT2D eigenvalue weighted by Crippen LogP contribution is 2.62. The smallest absolute Gasteiger partial charge is 0.225 e. The van der Waals surface area contributed by atoms with Gasteiger partial charge >= 0.3 is 0 Å². The molecule has 4 N–H and O–H groups in total. The molecule has 0 bridgehead atoms. The van der Waals surface area contributed by atoms with E-state index in [2.05, 4.69) is 17.4 Å². The number of rotatable bonds is 5. The topological polar surface area (TPSA) is 119 Å². The molecule has 0 aromatic heterocycles. The number of halogens is 1. The summed E-state index contributed by atoms with van der Waals surface area (Å²) < 4.78 is 18.5. The van der Waals surface area contributed by atoms with Gasteiger partial charge in [-0.3, -0.25) is 15.6 Å². The highest BCUT2D eigenvalue weighted by molar-refractivity contribution is 6.05. The second-order valence-electron chi connectivity index (χ2n) is 10.0. The van der Waals surface area contributed by atoms with Gasteiger partial charge in [-0.2, -0.15) is 0 Å². The lowest BCUT2D eigenvalue weighted by molar-refractivity contribution is -0.120. The molecule has 3 unspecified atom stereocenters. The molecule has 7 nitrogen and oxygen atoms in total. The molecule has 2 saturated carbocycles. The first kappa shape index (κ1) is 24.1. The molecule has 5 atom stereocenters. The predicted molar refractivity (Wildman–Crippen MR) is 128 cm³/mol. The summed E-state index contributed by atoms with van der Waals surface area (Å²) in [5.74, 6) is 0.672. The van der Waals surface area contributed by atoms with Gasteiger partial charge in [0.2, 0.25) is 11.8 Å². The number of carbonyl (C=O) groups is 1. The second kappa shape index (κ2) is 9.68. The van der Waals surface area contributed by atoms with Crippen molar-refractivity contribution in [2.45, 2.75) is 57.8 Å². The van der Waals surface area contributed by atoms with Gasteiger partial charge in [-0.25, -0.2) is 4.39 Å². The van der Waals surface area contributed by atoms with Gasteiger partial charge in [0.05, 0.1) is 12.8 Å². The van der Waals surface area contributed by atoms with E-state index >= 15 is 0 Å². The lowest BCUT2D eigenvalue weighted by Crippen LogP contribution is -2.44. The largest absolute Gasteiger partial charge is 0.481 e. The van der Waals surface area contributed by atoms with Crippen LogP contribution in [0.1, 0.15) is 62.5 Å². The number of carbonyl (C=O) groups excluding carboxylic acids is 1. The zero-order valence-corrected chi connectivity index (χ0v) is 19.7. The summed E-state index contributed by atoms with van der Waals surface area (Å²) >= 11 is 0. The van der Waals surface area contributed by atoms with E-state index in [1.54, 1.807) is 12.1 Å². The predicted octanol–water partition coefficient (Wildman–Crippen LogP) is 4.79. The Bertz CT molecular complexity index is 1050. The molecule has 34 heavy (non-hydrogen) atoms. The summed E-state index contributed by atoms with van der Waals surface area (Å²) in [6.07, 6.45) is 7.95. The zero-order valence-electron chi connectivity index (χ0n) is 19.7. The quantitative estimate of drug-likeness (QED) is 0.215. The van der Waals surface area contributed by atoms with Crippen LogP contribution in [0.25, 0.3) is 0 Å². The van der Waals surface area contributed by atoms with Crippen LogP contribution in [-0.2, 0) is 16.0 Å². The summed E-state index contributed by atoms with van der Waals surface area (Å²) in [6.45, 7) is 2.20. The van der Waals surface area contributed by atoms with Gasteiger partial charge < -0.3 is 15.3 Å². The Balaban J connectivity index is 1.48. The van der Waals surface area contributed by atoms with Crippen LogP contribution in [-0.4, -0.2) is 35.7 Å². The Labute approximate surface area is 199 Å². The Hall–Kier alpha value is -3.03. The molecule has 1 amide bonds. The number of fused-ring (bicyclic) bond motifs is 5. The third-order valence-corrected chi connectivity index (χ3v) is 8.32. The minimum Gasteiger partial charge on any atom is -0.481 e. The van der Waals surface area contributed by atoms with Crippen molar-refractivity contribution in [3.63, 3.8) is 0 Å². The Morgan fingerprint density at radius 3 is 2.88 bits per heavy atom. The fourth-order valence-corrected chi connectivity index (χ4v) is 6.85. The number of amides is 1. The van der Waals surface area contributed by atoms with E-state index in [-0.39, 0.29) is 41.2 Å². The number of amidine groups is 1. The van der Waals surface area contributed by atoms with Crippen molar-refractivity contribution < 1.29 is 19.1 Å². The Morgan fingerprint density at radius 2 is 2.15 bits per heavy atom. The van der Waals surface area contributed by atoms with E-state index in [1.807, 2.05) is 6.07 Å². The van der Waals surface area contributed by atoms with Gasteiger partial charge in [-0.05, 0) is 91.5 Å². The number of aryl methyl sites for hydroxylation is 1. The van der Waals surface area contributed by atoms with E-state index < -0.39 is 0 Å². The molecule has 3 aliphatic carbocycles. The maximum atomic E-state index is 13.8. The van der Waals surface area contributed by atoms with Crippen LogP contribution in [0.2, 0.25) is 0 Å². The zero-order chi connectivity index (χ0) is 24.5. The van der Waals surface area contributed by atoms with Gasteiger partial charge in [0.15, 0.2) is 0 Å². The maximum absolute atomic E-state index is 13.8. The number of oxime groups is 1. The number of hydrogen-bond acceptors (Lipinski definition) is 6. The molecule has 0 heterocycles. The fourth-order valence-electron chi connectivity index (χ4n) is 6.85. The van der Waals surface area contributed by atoms with Gasteiger partial charge in [-0.15, -0.1) is 0 Å². The first-order valence-electron chi connectivity index (χ1n) is 12.0. The van der Waals surface area contributed by atoms with Crippen LogP contribution in [0.5, 0.6) is 0 Å². The number of methoxy groups -OCH3 is 1. The van der Waals surface area contributed by atoms with Gasteiger partial charge in [0.25, 0.3) is 0 Å². The molecule has 0 aliphatic heterocycles. The number of benzene rings is 1. The summed E-state index contributed by atoms with van der Waals surface area (Å²) in [7, 11) is 1.37. The minimum atomic E-state index is -0.244. The Morgan fingerprint density at radius 1 is 1.35 bits per heavy atom. The van der Waals surface area contributed by atoms with E-state index in [9.17, 15) is 14.4 Å². The van der Waals surface area contributed by atoms with E-state index in [0.717, 1.165) is 37.0 Å². The van der Waals surface area contributed by atoms with E-state index in [1.165, 1.54) is 24.8 Å². The molecule has 3 aliphatic rings. The lowest BCUT2D eigenvalue weighted by atomic mass is 9.54. The first-order chi connectivity index (χ1) is 16.3. The Kier molecular flexibility index (Phi) is 6.86. The van der Waals surface area contributed by atoms with Crippen LogP contribution < -0.4 is 5.32 Å². The molecular weight excluding hydrogens is 435 g/mol. The number of nitrogens with one attached hydrogen (secondary N) is 3. The number of nitrogens with zero attached hydrogens (tertiary/aromatic N) is 1. The SMILES string of the molecule is COC(=N)/C=C\C(=N)NC(=O)CC[C@@H]1C/C(=N\O)[C@@]2(C)CCC3c4ccc(F)cc4CCC3C12. The van der Waals surface area contributed by atoms with Crippen LogP contribution in [0.4, 0.5) is 4.39 Å². The molecule has 8 heteroatoms. The minimum absolute atomic E-state index is 0.0884. The first-order valence-corrected chi connectivity index (χ1v) is 12.0. The number of ether oxygens (including phenoxy) is 1. The van der Waals surface area contributed by atoms with Crippen LogP contribution in [0.3, 0.4) is 0 Å². The van der Waals surface area contributed by atoms with Crippen LogP contribution in [0, 0.1) is 39.8 Å². The van der Waals surface area contributed by atoms with Crippen LogP contribution in [0.15, 0.2) is 35.5 Å². The van der Waals surface area contributed by atoms with E-state index in [0.29, 0.717) is 30.6 Å². The van der Waals surface area contributed by atoms with Crippen molar-refractivity contribution in [1.29, 1.82) is 10.8 Å². The van der Waals surface area contributed by atoms with Crippen molar-refractivity contribution in [3.05, 3.63) is 47.3 Å². The van der Waals surface area contributed by atoms with Gasteiger partial charge in [0.1, 0.15) is 11.7 Å². The van der Waals surface area contributed by atoms with Gasteiger partial charge in [-0.1, -0.05) is 18.1 Å². The summed E-state index contributed by atoms with van der Waals surface area (Å²) in [5, 5.41) is 31.3. The molecular formula is C26H33FN4O3. The van der Waals surface area contributed by atoms with E-state index in [4.69, 9.17) is 15.6 Å². The van der Waals surface area contributed by atoms with Crippen molar-refractivity contribution >= 4 is 23.4 Å². The molecule has 4 rings (SSSR count). The molecule has 0 radical (unpaired) electrons. The summed E-state index contributed by atoms with van der Waals surface area (Å²) in [6, 6.07) is 5.18. The third kappa shape index (κ3) is 4.50. The van der Waals surface area contributed by atoms with Gasteiger partial charge in [0, 0.05) is 17.9 Å². The molecule has 0 spiro atoms. The van der Waals surface area contributed by atoms with Crippen molar-refractivity contribution in [3.8, 4) is 0 Å². The second-order valence-corrected chi connectivity index (χ2v) is 10.0. The molecule has 1 aromatic rings. The average molecular weight is 469 g/mol. The summed E-state index contributed by atoms with van der Waals surface area (Å²) in [4.78, 5) is 12.5. The molecule has 0 saturated heterocycles. The van der Waals surface area contributed by atoms with Crippen molar-refractivity contribution in [2.75, 3.05) is 7.11 Å². The average Bonchev–Trinajstić information content (AvgIpc) is 3.12. The third-order valence-electron chi connectivity index (χ3n) is 8.32. The molecule has 2 fully saturated rings. The highest BCUT2D eigenvalue weighted by atomic mass is 19.1. The molecule has 182 valence electrons. The molecule has 1 aromatic carbocycles. The number of hydrogen-bond donors (Lipinski definition) is 4. The maximum Gasteiger partial charge on any atom is 0.225 e. The summed E-state index contributed by atoms with van der Waals surface area (Å²) in [5.41, 5.74) is 3.01. The lowest BCUT2D eigenvalue weighted by Gasteiger charge is -2.50. The van der Waals surface area contributed by atoms with Crippen molar-refractivity contribution in [2.24, 2.45) is 28.3 Å². The van der Waals surface area contributed by atoms with Crippen molar-refractivity contribution in [1.82, 2.24) is 5.32 Å². The van der Waals surface area contributed by atoms with Crippen LogP contribution >= 0.6 is 0 Å². The highest BCUT2D eigenvalue weighted by Gasteiger charge is 2.57. The normalized spacial score (nSPS) is 31.0. The fraction of sp³-hybridized carbons (Fsp3) is 0.538. The standard InChI is InChI=1S/C26H33FN4O3/c1-26-12-11-19-18-7-5-17(27)13-15(18)3-6-20(19)25(26)16(14-21(26)31-33)4-10-24(32)30-22(28)8-9-23(29)34-2/h5,7-9,13,16,19-20,25,29,33H,3-4,6,10-12,14H2,1-2H3,(H2,28,30,32)/b9-8-,29-23?,31-21+/t16-,19?,20?,25?,26-/m1/s1.